The molecule has 0 amide bonds. The predicted molar refractivity (Wildman–Crippen MR) is 72.7 cm³/mol. The zero-order valence-corrected chi connectivity index (χ0v) is 11.8. The van der Waals surface area contributed by atoms with E-state index in [4.69, 9.17) is 4.74 Å². The number of ether oxygens (including phenoxy) is 1. The first-order valence-corrected chi connectivity index (χ1v) is 6.94. The Kier molecular flexibility index (Phi) is 4.60. The molecule has 5 heteroatoms. The average molecular weight is 285 g/mol. The van der Waals surface area contributed by atoms with Gasteiger partial charge in [-0.2, -0.15) is 0 Å². The molecule has 1 aromatic rings. The molecule has 112 valence electrons. The van der Waals surface area contributed by atoms with Gasteiger partial charge in [0.2, 0.25) is 0 Å². The quantitative estimate of drug-likeness (QED) is 0.874. The van der Waals surface area contributed by atoms with E-state index >= 15 is 0 Å². The molecule has 0 saturated heterocycles. The lowest BCUT2D eigenvalue weighted by atomic mass is 9.97. The van der Waals surface area contributed by atoms with Crippen LogP contribution in [-0.4, -0.2) is 29.4 Å². The standard InChI is InChI=1S/C15H21F2NO2/c1-10(2)18-15(9-19)6-5-12(8-15)20-14-7-11(16)3-4-13(14)17/h3-4,7,10,12,18-19H,5-6,8-9H2,1-2H3. The van der Waals surface area contributed by atoms with Crippen LogP contribution >= 0.6 is 0 Å². The summed E-state index contributed by atoms with van der Waals surface area (Å²) in [6.45, 7) is 4.03. The normalized spacial score (nSPS) is 26.2. The highest BCUT2D eigenvalue weighted by atomic mass is 19.1. The molecule has 0 aliphatic heterocycles. The molecule has 0 heterocycles. The predicted octanol–water partition coefficient (Wildman–Crippen LogP) is 2.63. The Morgan fingerprint density at radius 1 is 1.45 bits per heavy atom. The second-order valence-corrected chi connectivity index (χ2v) is 5.79. The van der Waals surface area contributed by atoms with Gasteiger partial charge < -0.3 is 15.2 Å². The lowest BCUT2D eigenvalue weighted by molar-refractivity contribution is 0.131. The largest absolute Gasteiger partial charge is 0.487 e. The minimum atomic E-state index is -0.565. The van der Waals surface area contributed by atoms with Crippen molar-refractivity contribution in [2.45, 2.75) is 50.8 Å². The first-order chi connectivity index (χ1) is 9.44. The Hall–Kier alpha value is -1.20. The van der Waals surface area contributed by atoms with Crippen molar-refractivity contribution in [3.05, 3.63) is 29.8 Å². The van der Waals surface area contributed by atoms with Gasteiger partial charge in [-0.3, -0.25) is 0 Å². The van der Waals surface area contributed by atoms with Crippen LogP contribution in [0.4, 0.5) is 8.78 Å². The van der Waals surface area contributed by atoms with Crippen molar-refractivity contribution in [1.29, 1.82) is 0 Å². The van der Waals surface area contributed by atoms with Crippen molar-refractivity contribution in [3.63, 3.8) is 0 Å². The van der Waals surface area contributed by atoms with Gasteiger partial charge in [-0.05, 0) is 25.0 Å². The number of nitrogens with one attached hydrogen (secondary N) is 1. The van der Waals surface area contributed by atoms with Gasteiger partial charge in [-0.1, -0.05) is 13.8 Å². The number of hydrogen-bond donors (Lipinski definition) is 2. The van der Waals surface area contributed by atoms with Gasteiger partial charge in [0.15, 0.2) is 11.6 Å². The molecule has 1 aliphatic rings. The van der Waals surface area contributed by atoms with Gasteiger partial charge >= 0.3 is 0 Å². The van der Waals surface area contributed by atoms with E-state index in [0.717, 1.165) is 24.6 Å². The molecule has 2 atom stereocenters. The summed E-state index contributed by atoms with van der Waals surface area (Å²) in [5, 5.41) is 12.9. The maximum absolute atomic E-state index is 13.6. The number of halogens is 2. The lowest BCUT2D eigenvalue weighted by Gasteiger charge is -2.30. The summed E-state index contributed by atoms with van der Waals surface area (Å²) < 4.78 is 32.2. The summed E-state index contributed by atoms with van der Waals surface area (Å²) in [6, 6.07) is 3.43. The summed E-state index contributed by atoms with van der Waals surface area (Å²) in [4.78, 5) is 0. The van der Waals surface area contributed by atoms with Gasteiger partial charge in [0.05, 0.1) is 6.61 Å². The van der Waals surface area contributed by atoms with Gasteiger partial charge in [-0.25, -0.2) is 8.78 Å². The fourth-order valence-corrected chi connectivity index (χ4v) is 2.86. The van der Waals surface area contributed by atoms with Crippen LogP contribution in [0.3, 0.4) is 0 Å². The smallest absolute Gasteiger partial charge is 0.165 e. The van der Waals surface area contributed by atoms with E-state index in [9.17, 15) is 13.9 Å². The number of aliphatic hydroxyl groups is 1. The molecule has 0 radical (unpaired) electrons. The number of rotatable bonds is 5. The third-order valence-electron chi connectivity index (χ3n) is 3.65. The Balaban J connectivity index is 2.04. The van der Waals surface area contributed by atoms with E-state index in [1.54, 1.807) is 0 Å². The monoisotopic (exact) mass is 285 g/mol. The molecule has 0 bridgehead atoms. The first-order valence-electron chi connectivity index (χ1n) is 6.94. The third kappa shape index (κ3) is 3.46. The molecular weight excluding hydrogens is 264 g/mol. The number of benzene rings is 1. The number of aliphatic hydroxyl groups excluding tert-OH is 1. The van der Waals surface area contributed by atoms with Crippen molar-refractivity contribution in [2.24, 2.45) is 0 Å². The third-order valence-corrected chi connectivity index (χ3v) is 3.65. The van der Waals surface area contributed by atoms with Crippen molar-refractivity contribution in [1.82, 2.24) is 5.32 Å². The summed E-state index contributed by atoms with van der Waals surface area (Å²) in [7, 11) is 0. The average Bonchev–Trinajstić information content (AvgIpc) is 2.77. The van der Waals surface area contributed by atoms with E-state index in [0.29, 0.717) is 12.8 Å². The fourth-order valence-electron chi connectivity index (χ4n) is 2.86. The van der Waals surface area contributed by atoms with Crippen molar-refractivity contribution in [3.8, 4) is 5.75 Å². The van der Waals surface area contributed by atoms with Crippen LogP contribution in [0.5, 0.6) is 5.75 Å². The number of hydrogen-bond acceptors (Lipinski definition) is 3. The summed E-state index contributed by atoms with van der Waals surface area (Å²) in [5.74, 6) is -1.15. The molecule has 0 aromatic heterocycles. The second kappa shape index (κ2) is 6.06. The van der Waals surface area contributed by atoms with Crippen LogP contribution in [0.2, 0.25) is 0 Å². The molecule has 2 unspecified atom stereocenters. The SMILES string of the molecule is CC(C)NC1(CO)CCC(Oc2cc(F)ccc2F)C1. The van der Waals surface area contributed by atoms with E-state index < -0.39 is 11.6 Å². The van der Waals surface area contributed by atoms with Crippen LogP contribution < -0.4 is 10.1 Å². The second-order valence-electron chi connectivity index (χ2n) is 5.79. The zero-order chi connectivity index (χ0) is 14.8. The molecule has 1 aromatic carbocycles. The molecule has 2 rings (SSSR count). The van der Waals surface area contributed by atoms with E-state index in [-0.39, 0.29) is 30.0 Å². The first kappa shape index (κ1) is 15.2. The van der Waals surface area contributed by atoms with E-state index in [2.05, 4.69) is 5.32 Å². The molecule has 1 saturated carbocycles. The van der Waals surface area contributed by atoms with Crippen LogP contribution in [-0.2, 0) is 0 Å². The van der Waals surface area contributed by atoms with Crippen LogP contribution in [0, 0.1) is 11.6 Å². The van der Waals surface area contributed by atoms with Crippen molar-refractivity contribution in [2.75, 3.05) is 6.61 Å². The Labute approximate surface area is 117 Å². The van der Waals surface area contributed by atoms with E-state index in [1.165, 1.54) is 0 Å². The van der Waals surface area contributed by atoms with Crippen molar-refractivity contribution >= 4 is 0 Å². The molecule has 1 fully saturated rings. The van der Waals surface area contributed by atoms with E-state index in [1.807, 2.05) is 13.8 Å². The van der Waals surface area contributed by atoms with Gasteiger partial charge in [0, 0.05) is 24.1 Å². The topological polar surface area (TPSA) is 41.5 Å². The van der Waals surface area contributed by atoms with Gasteiger partial charge in [0.1, 0.15) is 11.9 Å². The molecule has 0 spiro atoms. The minimum Gasteiger partial charge on any atom is -0.487 e. The highest BCUT2D eigenvalue weighted by Crippen LogP contribution is 2.33. The van der Waals surface area contributed by atoms with Crippen LogP contribution in [0.15, 0.2) is 18.2 Å². The summed E-state index contributed by atoms with van der Waals surface area (Å²) in [5.41, 5.74) is -0.386. The molecular formula is C15H21F2NO2. The minimum absolute atomic E-state index is 0.0106. The summed E-state index contributed by atoms with van der Waals surface area (Å²) in [6.07, 6.45) is 1.82. The lowest BCUT2D eigenvalue weighted by Crippen LogP contribution is -2.50. The molecule has 1 aliphatic carbocycles. The Morgan fingerprint density at radius 3 is 2.85 bits per heavy atom. The fraction of sp³-hybridized carbons (Fsp3) is 0.600. The molecule has 20 heavy (non-hydrogen) atoms. The highest BCUT2D eigenvalue weighted by Gasteiger charge is 2.40. The maximum Gasteiger partial charge on any atom is 0.165 e. The zero-order valence-electron chi connectivity index (χ0n) is 11.8. The van der Waals surface area contributed by atoms with Crippen molar-refractivity contribution < 1.29 is 18.6 Å². The van der Waals surface area contributed by atoms with Gasteiger partial charge in [-0.15, -0.1) is 0 Å². The highest BCUT2D eigenvalue weighted by molar-refractivity contribution is 5.25. The van der Waals surface area contributed by atoms with Crippen LogP contribution in [0.1, 0.15) is 33.1 Å². The summed E-state index contributed by atoms with van der Waals surface area (Å²) >= 11 is 0. The molecule has 2 N–H and O–H groups in total. The Morgan fingerprint density at radius 2 is 2.20 bits per heavy atom. The van der Waals surface area contributed by atoms with Gasteiger partial charge in [0.25, 0.3) is 0 Å². The molecule has 3 nitrogen and oxygen atoms in total. The van der Waals surface area contributed by atoms with Crippen LogP contribution in [0.25, 0.3) is 0 Å². The Bertz CT molecular complexity index is 467. The maximum atomic E-state index is 13.6.